The highest BCUT2D eigenvalue weighted by Crippen LogP contribution is 2.30. The Balaban J connectivity index is 1.98. The van der Waals surface area contributed by atoms with Gasteiger partial charge in [0.05, 0.1) is 9.40 Å². The molecule has 0 N–H and O–H groups in total. The summed E-state index contributed by atoms with van der Waals surface area (Å²) in [6.45, 7) is 7.96. The molecule has 1 aliphatic heterocycles. The highest BCUT2D eigenvalue weighted by atomic mass is 79.9. The Bertz CT molecular complexity index is 607. The molecule has 1 aromatic carbocycles. The van der Waals surface area contributed by atoms with Crippen LogP contribution in [0.1, 0.15) is 20.8 Å². The van der Waals surface area contributed by atoms with E-state index in [4.69, 9.17) is 4.74 Å². The van der Waals surface area contributed by atoms with Gasteiger partial charge in [-0.05, 0) is 48.8 Å². The number of nitro benzene ring substituents is 1. The lowest BCUT2D eigenvalue weighted by molar-refractivity contribution is -0.385. The molecule has 0 aliphatic carbocycles. The third-order valence-corrected chi connectivity index (χ3v) is 4.06. The van der Waals surface area contributed by atoms with Crippen LogP contribution in [-0.2, 0) is 4.74 Å². The molecule has 0 atom stereocenters. The van der Waals surface area contributed by atoms with Crippen molar-refractivity contribution in [1.82, 2.24) is 4.90 Å². The summed E-state index contributed by atoms with van der Waals surface area (Å²) >= 11 is 3.23. The summed E-state index contributed by atoms with van der Waals surface area (Å²) in [6.07, 6.45) is -0.304. The third-order valence-electron chi connectivity index (χ3n) is 3.42. The SMILES string of the molecule is CC(C)(C)OC(=O)N1CCN(c2ccc([N+](=O)[O-])c(Br)c2)CC1. The quantitative estimate of drug-likeness (QED) is 0.575. The number of carbonyl (C=O) groups is 1. The predicted octanol–water partition coefficient (Wildman–Crippen LogP) is 3.41. The van der Waals surface area contributed by atoms with Gasteiger partial charge >= 0.3 is 6.09 Å². The highest BCUT2D eigenvalue weighted by molar-refractivity contribution is 9.10. The summed E-state index contributed by atoms with van der Waals surface area (Å²) in [7, 11) is 0. The largest absolute Gasteiger partial charge is 0.444 e. The van der Waals surface area contributed by atoms with E-state index in [-0.39, 0.29) is 11.8 Å². The number of piperazine rings is 1. The Morgan fingerprint density at radius 2 is 1.87 bits per heavy atom. The summed E-state index contributed by atoms with van der Waals surface area (Å²) in [5.41, 5.74) is 0.435. The lowest BCUT2D eigenvalue weighted by Gasteiger charge is -2.36. The van der Waals surface area contributed by atoms with E-state index in [1.165, 1.54) is 6.07 Å². The first-order valence-corrected chi connectivity index (χ1v) is 8.13. The van der Waals surface area contributed by atoms with Crippen molar-refractivity contribution in [3.8, 4) is 0 Å². The molecular formula is C15H20BrN3O4. The van der Waals surface area contributed by atoms with Crippen molar-refractivity contribution in [2.45, 2.75) is 26.4 Å². The van der Waals surface area contributed by atoms with Crippen LogP contribution in [-0.4, -0.2) is 47.7 Å². The van der Waals surface area contributed by atoms with Crippen LogP contribution in [0.5, 0.6) is 0 Å². The zero-order valence-electron chi connectivity index (χ0n) is 13.4. The van der Waals surface area contributed by atoms with Crippen molar-refractivity contribution >= 4 is 33.4 Å². The molecular weight excluding hydrogens is 366 g/mol. The second-order valence-corrected chi connectivity index (χ2v) is 7.20. The minimum absolute atomic E-state index is 0.0427. The van der Waals surface area contributed by atoms with Crippen LogP contribution in [0.3, 0.4) is 0 Å². The average molecular weight is 386 g/mol. The Hall–Kier alpha value is -1.83. The van der Waals surface area contributed by atoms with Gasteiger partial charge in [0.1, 0.15) is 5.60 Å². The molecule has 0 bridgehead atoms. The monoisotopic (exact) mass is 385 g/mol. The van der Waals surface area contributed by atoms with Gasteiger partial charge in [-0.25, -0.2) is 4.79 Å². The van der Waals surface area contributed by atoms with Crippen LogP contribution in [0.15, 0.2) is 22.7 Å². The molecule has 23 heavy (non-hydrogen) atoms. The van der Waals surface area contributed by atoms with Gasteiger partial charge in [-0.2, -0.15) is 0 Å². The molecule has 0 aromatic heterocycles. The number of carbonyl (C=O) groups excluding carboxylic acids is 1. The normalized spacial score (nSPS) is 15.5. The standard InChI is InChI=1S/C15H20BrN3O4/c1-15(2,3)23-14(20)18-8-6-17(7-9-18)11-4-5-13(19(21)22)12(16)10-11/h4-5,10H,6-9H2,1-3H3. The second kappa shape index (κ2) is 6.74. The van der Waals surface area contributed by atoms with Crippen LogP contribution < -0.4 is 4.90 Å². The van der Waals surface area contributed by atoms with E-state index in [9.17, 15) is 14.9 Å². The first kappa shape index (κ1) is 17.5. The van der Waals surface area contributed by atoms with E-state index < -0.39 is 10.5 Å². The van der Waals surface area contributed by atoms with E-state index in [1.807, 2.05) is 20.8 Å². The molecule has 0 unspecified atom stereocenters. The first-order valence-electron chi connectivity index (χ1n) is 7.34. The van der Waals surface area contributed by atoms with Crippen LogP contribution in [0.4, 0.5) is 16.2 Å². The molecule has 0 saturated carbocycles. The Kier molecular flexibility index (Phi) is 5.13. The van der Waals surface area contributed by atoms with Crippen molar-refractivity contribution in [2.24, 2.45) is 0 Å². The molecule has 126 valence electrons. The summed E-state index contributed by atoms with van der Waals surface area (Å²) in [4.78, 5) is 26.2. The lowest BCUT2D eigenvalue weighted by atomic mass is 10.2. The molecule has 0 spiro atoms. The molecule has 1 fully saturated rings. The molecule has 1 amide bonds. The summed E-state index contributed by atoms with van der Waals surface area (Å²) in [5, 5.41) is 10.8. The number of nitro groups is 1. The fraction of sp³-hybridized carbons (Fsp3) is 0.533. The molecule has 1 heterocycles. The van der Waals surface area contributed by atoms with Crippen molar-refractivity contribution in [3.05, 3.63) is 32.8 Å². The van der Waals surface area contributed by atoms with Crippen LogP contribution in [0, 0.1) is 10.1 Å². The number of hydrogen-bond donors (Lipinski definition) is 0. The van der Waals surface area contributed by atoms with Gasteiger partial charge in [-0.1, -0.05) is 0 Å². The first-order chi connectivity index (χ1) is 10.7. The molecule has 1 aliphatic rings. The van der Waals surface area contributed by atoms with E-state index in [2.05, 4.69) is 20.8 Å². The fourth-order valence-electron chi connectivity index (χ4n) is 2.31. The zero-order chi connectivity index (χ0) is 17.2. The molecule has 1 aromatic rings. The molecule has 7 nitrogen and oxygen atoms in total. The van der Waals surface area contributed by atoms with Crippen molar-refractivity contribution < 1.29 is 14.5 Å². The minimum Gasteiger partial charge on any atom is -0.444 e. The van der Waals surface area contributed by atoms with Crippen molar-refractivity contribution in [3.63, 3.8) is 0 Å². The third kappa shape index (κ3) is 4.57. The number of rotatable bonds is 2. The Labute approximate surface area is 143 Å². The van der Waals surface area contributed by atoms with E-state index in [0.717, 1.165) is 5.69 Å². The van der Waals surface area contributed by atoms with Gasteiger partial charge in [0, 0.05) is 37.9 Å². The second-order valence-electron chi connectivity index (χ2n) is 6.35. The maximum atomic E-state index is 12.0. The number of nitrogens with zero attached hydrogens (tertiary/aromatic N) is 3. The maximum Gasteiger partial charge on any atom is 0.410 e. The van der Waals surface area contributed by atoms with Crippen molar-refractivity contribution in [1.29, 1.82) is 0 Å². The van der Waals surface area contributed by atoms with Crippen LogP contribution in [0.25, 0.3) is 0 Å². The van der Waals surface area contributed by atoms with Crippen LogP contribution >= 0.6 is 15.9 Å². The topological polar surface area (TPSA) is 75.9 Å². The Morgan fingerprint density at radius 3 is 2.35 bits per heavy atom. The predicted molar refractivity (Wildman–Crippen MR) is 90.8 cm³/mol. The highest BCUT2D eigenvalue weighted by Gasteiger charge is 2.26. The summed E-state index contributed by atoms with van der Waals surface area (Å²) < 4.78 is 5.82. The number of ether oxygens (including phenoxy) is 1. The lowest BCUT2D eigenvalue weighted by Crippen LogP contribution is -2.50. The number of benzene rings is 1. The molecule has 2 rings (SSSR count). The molecule has 8 heteroatoms. The number of anilines is 1. The minimum atomic E-state index is -0.503. The number of amides is 1. The zero-order valence-corrected chi connectivity index (χ0v) is 15.0. The fourth-order valence-corrected chi connectivity index (χ4v) is 2.83. The number of halogens is 1. The van der Waals surface area contributed by atoms with Gasteiger partial charge in [0.2, 0.25) is 0 Å². The van der Waals surface area contributed by atoms with Gasteiger partial charge in [-0.15, -0.1) is 0 Å². The smallest absolute Gasteiger partial charge is 0.410 e. The van der Waals surface area contributed by atoms with Gasteiger partial charge < -0.3 is 14.5 Å². The molecule has 1 saturated heterocycles. The average Bonchev–Trinajstić information content (AvgIpc) is 2.45. The van der Waals surface area contributed by atoms with Crippen LogP contribution in [0.2, 0.25) is 0 Å². The molecule has 0 radical (unpaired) electrons. The van der Waals surface area contributed by atoms with E-state index >= 15 is 0 Å². The maximum absolute atomic E-state index is 12.0. The van der Waals surface area contributed by atoms with Gasteiger partial charge in [0.15, 0.2) is 0 Å². The van der Waals surface area contributed by atoms with E-state index in [1.54, 1.807) is 17.0 Å². The van der Waals surface area contributed by atoms with E-state index in [0.29, 0.717) is 30.7 Å². The number of hydrogen-bond acceptors (Lipinski definition) is 5. The van der Waals surface area contributed by atoms with Gasteiger partial charge in [-0.3, -0.25) is 10.1 Å². The van der Waals surface area contributed by atoms with Crippen molar-refractivity contribution in [2.75, 3.05) is 31.1 Å². The van der Waals surface area contributed by atoms with Gasteiger partial charge in [0.25, 0.3) is 5.69 Å². The summed E-state index contributed by atoms with van der Waals surface area (Å²) in [6, 6.07) is 4.95. The Morgan fingerprint density at radius 1 is 1.26 bits per heavy atom. The summed E-state index contributed by atoms with van der Waals surface area (Å²) in [5.74, 6) is 0.